The van der Waals surface area contributed by atoms with E-state index in [9.17, 15) is 10.1 Å². The number of carbonyl (C=O) groups is 1. The fourth-order valence-corrected chi connectivity index (χ4v) is 2.51. The van der Waals surface area contributed by atoms with Crippen LogP contribution in [0.5, 0.6) is 0 Å². The zero-order chi connectivity index (χ0) is 14.0. The van der Waals surface area contributed by atoms with Crippen LogP contribution in [0, 0.1) is 11.3 Å². The Morgan fingerprint density at radius 3 is 2.79 bits per heavy atom. The van der Waals surface area contributed by atoms with Gasteiger partial charge in [-0.25, -0.2) is 4.79 Å². The molecule has 1 aliphatic rings. The summed E-state index contributed by atoms with van der Waals surface area (Å²) in [5.41, 5.74) is 1.41. The van der Waals surface area contributed by atoms with Gasteiger partial charge in [0.1, 0.15) is 6.07 Å². The molecule has 0 aromatic heterocycles. The molecule has 5 nitrogen and oxygen atoms in total. The molecule has 0 amide bonds. The lowest BCUT2D eigenvalue weighted by Crippen LogP contribution is -2.50. The first-order chi connectivity index (χ1) is 9.02. The summed E-state index contributed by atoms with van der Waals surface area (Å²) in [6.07, 6.45) is 0. The molecule has 1 heterocycles. The van der Waals surface area contributed by atoms with Crippen LogP contribution >= 0.6 is 0 Å². The summed E-state index contributed by atoms with van der Waals surface area (Å²) in [6.45, 7) is 4.84. The Morgan fingerprint density at radius 1 is 1.47 bits per heavy atom. The Bertz CT molecular complexity index is 536. The van der Waals surface area contributed by atoms with Crippen molar-refractivity contribution in [3.63, 3.8) is 0 Å². The quantitative estimate of drug-likeness (QED) is 0.869. The lowest BCUT2D eigenvalue weighted by Gasteiger charge is -2.40. The van der Waals surface area contributed by atoms with Crippen molar-refractivity contribution in [1.29, 1.82) is 5.26 Å². The fourth-order valence-electron chi connectivity index (χ4n) is 2.51. The Balaban J connectivity index is 2.35. The third-order valence-electron chi connectivity index (χ3n) is 3.50. The minimum Gasteiger partial charge on any atom is -0.478 e. The predicted octanol–water partition coefficient (Wildman–Crippen LogP) is 1.40. The van der Waals surface area contributed by atoms with E-state index in [-0.39, 0.29) is 5.56 Å². The van der Waals surface area contributed by atoms with Crippen LogP contribution in [0.4, 0.5) is 5.69 Å². The van der Waals surface area contributed by atoms with Gasteiger partial charge in [-0.1, -0.05) is 0 Å². The number of hydrogen-bond acceptors (Lipinski definition) is 4. The highest BCUT2D eigenvalue weighted by Crippen LogP contribution is 2.25. The van der Waals surface area contributed by atoms with Crippen molar-refractivity contribution in [3.05, 3.63) is 29.3 Å². The van der Waals surface area contributed by atoms with E-state index in [4.69, 9.17) is 5.11 Å². The van der Waals surface area contributed by atoms with Gasteiger partial charge < -0.3 is 14.9 Å². The Morgan fingerprint density at radius 2 is 2.21 bits per heavy atom. The van der Waals surface area contributed by atoms with Crippen LogP contribution in [0.3, 0.4) is 0 Å². The number of nitrogens with zero attached hydrogens (tertiary/aromatic N) is 3. The number of piperazine rings is 1. The van der Waals surface area contributed by atoms with Crippen molar-refractivity contribution in [1.82, 2.24) is 4.90 Å². The van der Waals surface area contributed by atoms with E-state index < -0.39 is 5.97 Å². The molecule has 1 aromatic rings. The number of nitriles is 1. The first-order valence-corrected chi connectivity index (χ1v) is 6.25. The van der Waals surface area contributed by atoms with Crippen LogP contribution in [-0.4, -0.2) is 48.7 Å². The highest BCUT2D eigenvalue weighted by Gasteiger charge is 2.24. The van der Waals surface area contributed by atoms with E-state index in [1.54, 1.807) is 12.1 Å². The Labute approximate surface area is 112 Å². The zero-order valence-electron chi connectivity index (χ0n) is 11.1. The molecule has 5 heteroatoms. The second-order valence-electron chi connectivity index (χ2n) is 4.95. The summed E-state index contributed by atoms with van der Waals surface area (Å²) >= 11 is 0. The largest absolute Gasteiger partial charge is 0.478 e. The first-order valence-electron chi connectivity index (χ1n) is 6.25. The smallest absolute Gasteiger partial charge is 0.335 e. The lowest BCUT2D eigenvalue weighted by molar-refractivity contribution is 0.0697. The predicted molar refractivity (Wildman–Crippen MR) is 72.4 cm³/mol. The molecule has 2 rings (SSSR count). The minimum atomic E-state index is -1.01. The maximum atomic E-state index is 10.9. The van der Waals surface area contributed by atoms with Gasteiger partial charge in [0.05, 0.1) is 16.8 Å². The van der Waals surface area contributed by atoms with Crippen molar-refractivity contribution in [2.45, 2.75) is 13.0 Å². The number of benzene rings is 1. The number of anilines is 1. The average molecular weight is 259 g/mol. The van der Waals surface area contributed by atoms with E-state index >= 15 is 0 Å². The lowest BCUT2D eigenvalue weighted by atomic mass is 10.1. The molecule has 1 aliphatic heterocycles. The first kappa shape index (κ1) is 13.4. The number of aromatic carboxylic acids is 1. The monoisotopic (exact) mass is 259 g/mol. The standard InChI is InChI=1S/C14H17N3O2/c1-10-9-16(2)5-6-17(10)13-4-3-11(14(18)19)7-12(13)8-15/h3-4,7,10H,5-6,9H2,1-2H3,(H,18,19). The number of hydrogen-bond donors (Lipinski definition) is 1. The third kappa shape index (κ3) is 2.69. The van der Waals surface area contributed by atoms with Gasteiger partial charge in [-0.3, -0.25) is 0 Å². The SMILES string of the molecule is CC1CN(C)CCN1c1ccc(C(=O)O)cc1C#N. The maximum Gasteiger partial charge on any atom is 0.335 e. The van der Waals surface area contributed by atoms with E-state index in [0.29, 0.717) is 11.6 Å². The molecule has 0 bridgehead atoms. The molecule has 1 fully saturated rings. The summed E-state index contributed by atoms with van der Waals surface area (Å²) in [6, 6.07) is 7.15. The maximum absolute atomic E-state index is 10.9. The van der Waals surface area contributed by atoms with Crippen molar-refractivity contribution < 1.29 is 9.90 Å². The molecule has 100 valence electrons. The van der Waals surface area contributed by atoms with E-state index in [1.165, 1.54) is 6.07 Å². The summed E-state index contributed by atoms with van der Waals surface area (Å²) < 4.78 is 0. The average Bonchev–Trinajstić information content (AvgIpc) is 2.38. The van der Waals surface area contributed by atoms with Crippen molar-refractivity contribution >= 4 is 11.7 Å². The normalized spacial score (nSPS) is 20.1. The molecule has 1 saturated heterocycles. The topological polar surface area (TPSA) is 67.6 Å². The molecule has 1 unspecified atom stereocenters. The third-order valence-corrected chi connectivity index (χ3v) is 3.50. The number of carboxylic acids is 1. The molecular weight excluding hydrogens is 242 g/mol. The minimum absolute atomic E-state index is 0.155. The zero-order valence-corrected chi connectivity index (χ0v) is 11.1. The molecule has 1 N–H and O–H groups in total. The van der Waals surface area contributed by atoms with E-state index in [1.807, 2.05) is 0 Å². The highest BCUT2D eigenvalue weighted by atomic mass is 16.4. The van der Waals surface area contributed by atoms with Crippen LogP contribution in [0.2, 0.25) is 0 Å². The molecule has 1 aromatic carbocycles. The molecule has 0 saturated carbocycles. The van der Waals surface area contributed by atoms with E-state index in [2.05, 4.69) is 29.8 Å². The van der Waals surface area contributed by atoms with Gasteiger partial charge in [0.15, 0.2) is 0 Å². The van der Waals surface area contributed by atoms with Gasteiger partial charge in [0.2, 0.25) is 0 Å². The number of rotatable bonds is 2. The van der Waals surface area contributed by atoms with Crippen molar-refractivity contribution in [2.24, 2.45) is 0 Å². The molecule has 0 radical (unpaired) electrons. The summed E-state index contributed by atoms with van der Waals surface area (Å²) in [4.78, 5) is 15.4. The van der Waals surface area contributed by atoms with Crippen molar-refractivity contribution in [2.75, 3.05) is 31.6 Å². The summed E-state index contributed by atoms with van der Waals surface area (Å²) in [5.74, 6) is -1.01. The second-order valence-corrected chi connectivity index (χ2v) is 4.95. The van der Waals surface area contributed by atoms with Crippen LogP contribution in [-0.2, 0) is 0 Å². The molecule has 1 atom stereocenters. The van der Waals surface area contributed by atoms with Gasteiger partial charge in [-0.15, -0.1) is 0 Å². The fraction of sp³-hybridized carbons (Fsp3) is 0.429. The van der Waals surface area contributed by atoms with Gasteiger partial charge in [0.25, 0.3) is 0 Å². The Kier molecular flexibility index (Phi) is 3.72. The Hall–Kier alpha value is -2.06. The van der Waals surface area contributed by atoms with E-state index in [0.717, 1.165) is 25.3 Å². The van der Waals surface area contributed by atoms with Crippen LogP contribution in [0.1, 0.15) is 22.8 Å². The van der Waals surface area contributed by atoms with Gasteiger partial charge in [-0.05, 0) is 32.2 Å². The number of likely N-dealkylation sites (N-methyl/N-ethyl adjacent to an activating group) is 1. The molecule has 19 heavy (non-hydrogen) atoms. The summed E-state index contributed by atoms with van der Waals surface area (Å²) in [7, 11) is 2.08. The summed E-state index contributed by atoms with van der Waals surface area (Å²) in [5, 5.41) is 18.2. The second kappa shape index (κ2) is 5.29. The highest BCUT2D eigenvalue weighted by molar-refractivity contribution is 5.89. The molecular formula is C14H17N3O2. The molecule has 0 aliphatic carbocycles. The number of carboxylic acid groups (broad SMARTS) is 1. The van der Waals surface area contributed by atoms with Gasteiger partial charge in [0, 0.05) is 25.7 Å². The van der Waals surface area contributed by atoms with Gasteiger partial charge >= 0.3 is 5.97 Å². The molecule has 0 spiro atoms. The van der Waals surface area contributed by atoms with Crippen LogP contribution in [0.25, 0.3) is 0 Å². The van der Waals surface area contributed by atoms with Crippen LogP contribution in [0.15, 0.2) is 18.2 Å². The van der Waals surface area contributed by atoms with Crippen molar-refractivity contribution in [3.8, 4) is 6.07 Å². The van der Waals surface area contributed by atoms with Crippen LogP contribution < -0.4 is 4.90 Å². The van der Waals surface area contributed by atoms with Gasteiger partial charge in [-0.2, -0.15) is 5.26 Å².